The van der Waals surface area contributed by atoms with Crippen LogP contribution in [0.15, 0.2) is 35.1 Å². The van der Waals surface area contributed by atoms with Gasteiger partial charge >= 0.3 is 5.69 Å². The molecule has 0 saturated carbocycles. The first-order valence-corrected chi connectivity index (χ1v) is 9.37. The molecule has 0 spiro atoms. The smallest absolute Gasteiger partial charge is 0.299 e. The Morgan fingerprint density at radius 1 is 1.15 bits per heavy atom. The van der Waals surface area contributed by atoms with E-state index in [0.29, 0.717) is 11.7 Å². The number of benzene rings is 1. The van der Waals surface area contributed by atoms with Crippen LogP contribution in [-0.4, -0.2) is 30.5 Å². The summed E-state index contributed by atoms with van der Waals surface area (Å²) in [5, 5.41) is 16.2. The van der Waals surface area contributed by atoms with E-state index in [1.807, 2.05) is 30.3 Å². The lowest BCUT2D eigenvalue weighted by Crippen LogP contribution is -2.30. The minimum Gasteiger partial charge on any atom is -0.299 e. The van der Waals surface area contributed by atoms with Gasteiger partial charge in [-0.1, -0.05) is 48.1 Å². The van der Waals surface area contributed by atoms with Crippen molar-refractivity contribution >= 4 is 22.4 Å². The van der Waals surface area contributed by atoms with Crippen molar-refractivity contribution in [2.24, 2.45) is 0 Å². The second-order valence-electron chi connectivity index (χ2n) is 6.15. The molecular weight excluding hydrogens is 352 g/mol. The van der Waals surface area contributed by atoms with Gasteiger partial charge < -0.3 is 0 Å². The molecule has 2 aromatic heterocycles. The van der Waals surface area contributed by atoms with Gasteiger partial charge in [0.25, 0.3) is 0 Å². The minimum atomic E-state index is -0.337. The maximum atomic E-state index is 12.4. The number of hydrogen-bond acceptors (Lipinski definition) is 6. The third kappa shape index (κ3) is 3.43. The summed E-state index contributed by atoms with van der Waals surface area (Å²) < 4.78 is 2.91. The molecule has 1 aliphatic rings. The molecule has 3 heterocycles. The Hall–Kier alpha value is -2.81. The Balaban J connectivity index is 1.45. The predicted octanol–water partition coefficient (Wildman–Crippen LogP) is 1.93. The molecule has 134 valence electrons. The molecule has 0 radical (unpaired) electrons. The van der Waals surface area contributed by atoms with Crippen molar-refractivity contribution in [3.8, 4) is 10.6 Å². The van der Waals surface area contributed by atoms with Crippen LogP contribution < -0.4 is 11.0 Å². The number of fused-ring (bicyclic) bond motifs is 1. The van der Waals surface area contributed by atoms with Crippen molar-refractivity contribution in [3.05, 3.63) is 46.6 Å². The first kappa shape index (κ1) is 16.6. The Morgan fingerprint density at radius 3 is 2.85 bits per heavy atom. The summed E-state index contributed by atoms with van der Waals surface area (Å²) >= 11 is 1.29. The van der Waals surface area contributed by atoms with E-state index in [1.54, 1.807) is 4.57 Å². The van der Waals surface area contributed by atoms with Gasteiger partial charge in [0, 0.05) is 18.5 Å². The van der Waals surface area contributed by atoms with Crippen LogP contribution in [0, 0.1) is 0 Å². The highest BCUT2D eigenvalue weighted by Crippen LogP contribution is 2.25. The number of aryl methyl sites for hydroxylation is 1. The maximum absolute atomic E-state index is 12.4. The SMILES string of the molecule is O=C(Cn1nc2n(c1=O)CCCCC2)Nc1nnc(-c2ccccc2)s1. The van der Waals surface area contributed by atoms with Crippen molar-refractivity contribution in [1.82, 2.24) is 24.5 Å². The molecule has 9 heteroatoms. The van der Waals surface area contributed by atoms with Crippen molar-refractivity contribution in [2.45, 2.75) is 38.8 Å². The van der Waals surface area contributed by atoms with E-state index in [4.69, 9.17) is 0 Å². The Morgan fingerprint density at radius 2 is 2.00 bits per heavy atom. The van der Waals surface area contributed by atoms with E-state index in [0.717, 1.165) is 42.1 Å². The standard InChI is InChI=1S/C17H18N6O2S/c24-14(11-23-17(25)22-10-6-2-5-9-13(22)21-23)18-16-20-19-15(26-16)12-7-3-1-4-8-12/h1,3-4,7-8H,2,5-6,9-11H2,(H,18,20,24). The molecule has 26 heavy (non-hydrogen) atoms. The van der Waals surface area contributed by atoms with E-state index in [1.165, 1.54) is 16.0 Å². The van der Waals surface area contributed by atoms with E-state index in [2.05, 4.69) is 20.6 Å². The molecule has 3 aromatic rings. The average Bonchev–Trinajstić information content (AvgIpc) is 3.13. The van der Waals surface area contributed by atoms with Crippen molar-refractivity contribution in [1.29, 1.82) is 0 Å². The van der Waals surface area contributed by atoms with E-state index >= 15 is 0 Å². The fraction of sp³-hybridized carbons (Fsp3) is 0.353. The van der Waals surface area contributed by atoms with Crippen molar-refractivity contribution < 1.29 is 4.79 Å². The van der Waals surface area contributed by atoms with Crippen LogP contribution in [-0.2, 0) is 24.3 Å². The van der Waals surface area contributed by atoms with Crippen LogP contribution in [0.5, 0.6) is 0 Å². The number of aromatic nitrogens is 5. The summed E-state index contributed by atoms with van der Waals surface area (Å²) in [4.78, 5) is 24.7. The minimum absolute atomic E-state index is 0.126. The van der Waals surface area contributed by atoms with Gasteiger partial charge in [0.05, 0.1) is 0 Å². The van der Waals surface area contributed by atoms with Crippen LogP contribution in [0.3, 0.4) is 0 Å². The average molecular weight is 370 g/mol. The van der Waals surface area contributed by atoms with Gasteiger partial charge in [-0.05, 0) is 12.8 Å². The lowest BCUT2D eigenvalue weighted by molar-refractivity contribution is -0.117. The number of carbonyl (C=O) groups excluding carboxylic acids is 1. The summed E-state index contributed by atoms with van der Waals surface area (Å²) in [5.74, 6) is 0.429. The molecule has 0 atom stereocenters. The van der Waals surface area contributed by atoms with Gasteiger partial charge in [-0.15, -0.1) is 10.2 Å². The highest BCUT2D eigenvalue weighted by atomic mass is 32.1. The lowest BCUT2D eigenvalue weighted by Gasteiger charge is -2.00. The summed E-state index contributed by atoms with van der Waals surface area (Å²) in [6.07, 6.45) is 3.87. The molecule has 0 unspecified atom stereocenters. The largest absolute Gasteiger partial charge is 0.346 e. The van der Waals surface area contributed by atoms with Crippen LogP contribution >= 0.6 is 11.3 Å². The van der Waals surface area contributed by atoms with Crippen LogP contribution in [0.25, 0.3) is 10.6 Å². The number of amides is 1. The Bertz CT molecular complexity index is 975. The normalized spacial score (nSPS) is 13.8. The third-order valence-electron chi connectivity index (χ3n) is 4.27. The second-order valence-corrected chi connectivity index (χ2v) is 7.12. The zero-order valence-electron chi connectivity index (χ0n) is 14.1. The van der Waals surface area contributed by atoms with Gasteiger partial charge in [-0.25, -0.2) is 9.48 Å². The van der Waals surface area contributed by atoms with Crippen LogP contribution in [0.4, 0.5) is 5.13 Å². The highest BCUT2D eigenvalue weighted by molar-refractivity contribution is 7.18. The van der Waals surface area contributed by atoms with Crippen LogP contribution in [0.2, 0.25) is 0 Å². The Labute approximate surface area is 153 Å². The molecule has 1 amide bonds. The molecule has 4 rings (SSSR count). The molecule has 0 saturated heterocycles. The quantitative estimate of drug-likeness (QED) is 0.757. The van der Waals surface area contributed by atoms with Crippen LogP contribution in [0.1, 0.15) is 25.1 Å². The molecule has 0 aliphatic carbocycles. The van der Waals surface area contributed by atoms with Gasteiger partial charge in [-0.2, -0.15) is 5.10 Å². The van der Waals surface area contributed by atoms with E-state index in [9.17, 15) is 9.59 Å². The summed E-state index contributed by atoms with van der Waals surface area (Å²) in [6.45, 7) is 0.547. The highest BCUT2D eigenvalue weighted by Gasteiger charge is 2.18. The summed E-state index contributed by atoms with van der Waals surface area (Å²) in [6, 6.07) is 9.64. The Kier molecular flexibility index (Phi) is 4.61. The fourth-order valence-electron chi connectivity index (χ4n) is 2.99. The molecule has 1 aliphatic heterocycles. The third-order valence-corrected chi connectivity index (χ3v) is 5.15. The molecule has 1 N–H and O–H groups in total. The molecule has 0 fully saturated rings. The molecular formula is C17H18N6O2S. The van der Waals surface area contributed by atoms with E-state index in [-0.39, 0.29) is 18.1 Å². The van der Waals surface area contributed by atoms with Gasteiger partial charge in [0.15, 0.2) is 0 Å². The monoisotopic (exact) mass is 370 g/mol. The number of nitrogens with one attached hydrogen (secondary N) is 1. The van der Waals surface area contributed by atoms with Gasteiger partial charge in [0.1, 0.15) is 17.4 Å². The summed E-state index contributed by atoms with van der Waals surface area (Å²) in [7, 11) is 0. The predicted molar refractivity (Wildman–Crippen MR) is 98.0 cm³/mol. The zero-order valence-corrected chi connectivity index (χ0v) is 14.9. The summed E-state index contributed by atoms with van der Waals surface area (Å²) in [5.41, 5.74) is 0.721. The van der Waals surface area contributed by atoms with E-state index < -0.39 is 0 Å². The van der Waals surface area contributed by atoms with Gasteiger partial charge in [0.2, 0.25) is 11.0 Å². The van der Waals surface area contributed by atoms with Crippen molar-refractivity contribution in [2.75, 3.05) is 5.32 Å². The second kappa shape index (κ2) is 7.20. The maximum Gasteiger partial charge on any atom is 0.346 e. The molecule has 8 nitrogen and oxygen atoms in total. The number of hydrogen-bond donors (Lipinski definition) is 1. The molecule has 1 aromatic carbocycles. The molecule has 0 bridgehead atoms. The fourth-order valence-corrected chi connectivity index (χ4v) is 3.76. The zero-order chi connectivity index (χ0) is 17.9. The number of carbonyl (C=O) groups is 1. The number of rotatable bonds is 4. The number of anilines is 1. The number of nitrogens with zero attached hydrogens (tertiary/aromatic N) is 5. The first-order valence-electron chi connectivity index (χ1n) is 8.56. The van der Waals surface area contributed by atoms with Crippen molar-refractivity contribution in [3.63, 3.8) is 0 Å². The first-order chi connectivity index (χ1) is 12.7. The van der Waals surface area contributed by atoms with Gasteiger partial charge in [-0.3, -0.25) is 14.7 Å². The lowest BCUT2D eigenvalue weighted by atomic mass is 10.2. The topological polar surface area (TPSA) is 94.7 Å².